The van der Waals surface area contributed by atoms with Crippen LogP contribution in [0.1, 0.15) is 54.0 Å². The number of rotatable bonds is 4. The normalized spacial score (nSPS) is 14.2. The van der Waals surface area contributed by atoms with Gasteiger partial charge >= 0.3 is 12.4 Å². The van der Waals surface area contributed by atoms with Gasteiger partial charge in [-0.2, -0.15) is 26.3 Å². The van der Waals surface area contributed by atoms with Crippen LogP contribution >= 0.6 is 0 Å². The highest BCUT2D eigenvalue weighted by Crippen LogP contribution is 2.43. The Morgan fingerprint density at radius 1 is 0.857 bits per heavy atom. The van der Waals surface area contributed by atoms with Gasteiger partial charge in [-0.3, -0.25) is 0 Å². The van der Waals surface area contributed by atoms with E-state index in [9.17, 15) is 26.3 Å². The van der Waals surface area contributed by atoms with Gasteiger partial charge in [0.25, 0.3) is 0 Å². The molecule has 0 N–H and O–H groups in total. The van der Waals surface area contributed by atoms with Gasteiger partial charge < -0.3 is 0 Å². The third-order valence-electron chi connectivity index (χ3n) is 4.85. The zero-order valence-electron chi connectivity index (χ0n) is 15.4. The third kappa shape index (κ3) is 4.10. The number of hydrogen-bond acceptors (Lipinski definition) is 0. The molecule has 1 aliphatic rings. The number of halogens is 6. The molecule has 0 aliphatic heterocycles. The molecular formula is C22H19F6. The molecule has 2 aromatic rings. The van der Waals surface area contributed by atoms with E-state index in [0.717, 1.165) is 42.5 Å². The lowest BCUT2D eigenvalue weighted by atomic mass is 9.90. The highest BCUT2D eigenvalue weighted by atomic mass is 19.4. The van der Waals surface area contributed by atoms with E-state index in [1.54, 1.807) is 13.0 Å². The van der Waals surface area contributed by atoms with Crippen molar-refractivity contribution < 1.29 is 26.3 Å². The minimum atomic E-state index is -4.86. The van der Waals surface area contributed by atoms with Gasteiger partial charge in [0.2, 0.25) is 0 Å². The van der Waals surface area contributed by atoms with Crippen molar-refractivity contribution in [3.63, 3.8) is 0 Å². The minimum Gasteiger partial charge on any atom is -0.166 e. The average molecular weight is 397 g/mol. The maximum absolute atomic E-state index is 13.2. The van der Waals surface area contributed by atoms with Gasteiger partial charge in [-0.15, -0.1) is 0 Å². The average Bonchev–Trinajstić information content (AvgIpc) is 3.00. The molecule has 0 unspecified atom stereocenters. The summed E-state index contributed by atoms with van der Waals surface area (Å²) in [6, 6.07) is 5.35. The standard InChI is InChI=1S/C22H19F6/c1-3-4-5-14-8-15-7-6-13(2)20(19(15)9-14)16-10-17(21(23,24)25)12-18(11-16)22(26,27)28/h6-12H,3-5H2,1-2H3. The lowest BCUT2D eigenvalue weighted by Gasteiger charge is -2.17. The zero-order chi connectivity index (χ0) is 20.7. The highest BCUT2D eigenvalue weighted by molar-refractivity contribution is 5.85. The van der Waals surface area contributed by atoms with Crippen LogP contribution in [0.3, 0.4) is 0 Å². The van der Waals surface area contributed by atoms with Crippen molar-refractivity contribution in [3.05, 3.63) is 70.1 Å². The first kappa shape index (κ1) is 20.5. The van der Waals surface area contributed by atoms with Gasteiger partial charge in [0.15, 0.2) is 0 Å². The van der Waals surface area contributed by atoms with Crippen LogP contribution in [0.4, 0.5) is 26.3 Å². The molecule has 28 heavy (non-hydrogen) atoms. The van der Waals surface area contributed by atoms with E-state index in [2.05, 4.69) is 6.92 Å². The first-order valence-electron chi connectivity index (χ1n) is 8.99. The Labute approximate surface area is 159 Å². The molecule has 6 heteroatoms. The van der Waals surface area contributed by atoms with E-state index in [-0.39, 0.29) is 11.6 Å². The lowest BCUT2D eigenvalue weighted by molar-refractivity contribution is -0.143. The second-order valence-electron chi connectivity index (χ2n) is 7.02. The van der Waals surface area contributed by atoms with Crippen LogP contribution in [0.25, 0.3) is 17.2 Å². The molecule has 149 valence electrons. The minimum absolute atomic E-state index is 0.0714. The van der Waals surface area contributed by atoms with Crippen LogP contribution in [0.2, 0.25) is 0 Å². The number of fused-ring (bicyclic) bond motifs is 1. The Kier molecular flexibility index (Phi) is 5.34. The molecule has 1 radical (unpaired) electrons. The molecule has 3 rings (SSSR count). The van der Waals surface area contributed by atoms with Gasteiger partial charge in [-0.25, -0.2) is 0 Å². The van der Waals surface area contributed by atoms with Crippen molar-refractivity contribution in [1.29, 1.82) is 0 Å². The SMILES string of the molecule is CCCCC1=Cc2c(ccc(C)c2-c2cc(C(F)(F)F)cc(C(F)(F)F)c2)[CH]1. The summed E-state index contributed by atoms with van der Waals surface area (Å²) in [5.74, 6) is 0. The summed E-state index contributed by atoms with van der Waals surface area (Å²) in [7, 11) is 0. The Balaban J connectivity index is 2.20. The third-order valence-corrected chi connectivity index (χ3v) is 4.85. The second kappa shape index (κ2) is 7.30. The van der Waals surface area contributed by atoms with Crippen molar-refractivity contribution >= 4 is 6.08 Å². The predicted octanol–water partition coefficient (Wildman–Crippen LogP) is 7.84. The Morgan fingerprint density at radius 2 is 1.46 bits per heavy atom. The van der Waals surface area contributed by atoms with E-state index in [1.165, 1.54) is 0 Å². The number of allylic oxidation sites excluding steroid dienone is 1. The van der Waals surface area contributed by atoms with Gasteiger partial charge in [0.05, 0.1) is 11.1 Å². The van der Waals surface area contributed by atoms with Crippen LogP contribution in [0.5, 0.6) is 0 Å². The topological polar surface area (TPSA) is 0 Å². The fourth-order valence-electron chi connectivity index (χ4n) is 3.46. The Morgan fingerprint density at radius 3 is 2.00 bits per heavy atom. The van der Waals surface area contributed by atoms with Crippen molar-refractivity contribution in [3.8, 4) is 11.1 Å². The van der Waals surface area contributed by atoms with Crippen molar-refractivity contribution in [2.24, 2.45) is 0 Å². The summed E-state index contributed by atoms with van der Waals surface area (Å²) in [5.41, 5.74) is 0.906. The van der Waals surface area contributed by atoms with Crippen molar-refractivity contribution in [1.82, 2.24) is 0 Å². The fraction of sp³-hybridized carbons (Fsp3) is 0.318. The highest BCUT2D eigenvalue weighted by Gasteiger charge is 2.37. The summed E-state index contributed by atoms with van der Waals surface area (Å²) in [5, 5.41) is 0. The smallest absolute Gasteiger partial charge is 0.166 e. The van der Waals surface area contributed by atoms with Crippen molar-refractivity contribution in [2.45, 2.75) is 45.5 Å². The first-order valence-corrected chi connectivity index (χ1v) is 8.99. The molecule has 0 amide bonds. The van der Waals surface area contributed by atoms with Crippen LogP contribution in [0, 0.1) is 13.3 Å². The monoisotopic (exact) mass is 397 g/mol. The number of aryl methyl sites for hydroxylation is 1. The van der Waals surface area contributed by atoms with Gasteiger partial charge in [0.1, 0.15) is 0 Å². The van der Waals surface area contributed by atoms with Gasteiger partial charge in [0, 0.05) is 6.42 Å². The van der Waals surface area contributed by atoms with Crippen molar-refractivity contribution in [2.75, 3.05) is 0 Å². The maximum Gasteiger partial charge on any atom is 0.416 e. The summed E-state index contributed by atoms with van der Waals surface area (Å²) in [6.07, 6.45) is -3.12. The lowest BCUT2D eigenvalue weighted by Crippen LogP contribution is -2.11. The van der Waals surface area contributed by atoms with Crippen LogP contribution in [-0.4, -0.2) is 0 Å². The zero-order valence-corrected chi connectivity index (χ0v) is 15.4. The molecule has 1 aliphatic carbocycles. The van der Waals surface area contributed by atoms with E-state index < -0.39 is 23.5 Å². The number of hydrogen-bond donors (Lipinski definition) is 0. The van der Waals surface area contributed by atoms with Crippen LogP contribution < -0.4 is 0 Å². The Hall–Kier alpha value is -2.24. The molecular weight excluding hydrogens is 378 g/mol. The van der Waals surface area contributed by atoms with Crippen LogP contribution in [-0.2, 0) is 12.4 Å². The number of unbranched alkanes of at least 4 members (excludes halogenated alkanes) is 1. The molecule has 0 heterocycles. The molecule has 0 saturated heterocycles. The van der Waals surface area contributed by atoms with E-state index in [4.69, 9.17) is 0 Å². The van der Waals surface area contributed by atoms with E-state index in [1.807, 2.05) is 18.6 Å². The van der Waals surface area contributed by atoms with Crippen LogP contribution in [0.15, 0.2) is 35.9 Å². The summed E-state index contributed by atoms with van der Waals surface area (Å²) in [6.45, 7) is 3.75. The molecule has 0 spiro atoms. The molecule has 0 bridgehead atoms. The molecule has 0 saturated carbocycles. The maximum atomic E-state index is 13.2. The molecule has 0 fully saturated rings. The quantitative estimate of drug-likeness (QED) is 0.461. The summed E-state index contributed by atoms with van der Waals surface area (Å²) in [4.78, 5) is 0. The van der Waals surface area contributed by atoms with E-state index >= 15 is 0 Å². The molecule has 0 nitrogen and oxygen atoms in total. The summed E-state index contributed by atoms with van der Waals surface area (Å²) < 4.78 is 79.5. The fourth-order valence-corrected chi connectivity index (χ4v) is 3.46. The summed E-state index contributed by atoms with van der Waals surface area (Å²) >= 11 is 0. The first-order chi connectivity index (χ1) is 13.0. The molecule has 2 aromatic carbocycles. The number of alkyl halides is 6. The predicted molar refractivity (Wildman–Crippen MR) is 97.5 cm³/mol. The van der Waals surface area contributed by atoms with Gasteiger partial charge in [-0.05, 0) is 65.8 Å². The second-order valence-corrected chi connectivity index (χ2v) is 7.02. The number of benzene rings is 2. The van der Waals surface area contributed by atoms with E-state index in [0.29, 0.717) is 16.7 Å². The largest absolute Gasteiger partial charge is 0.416 e. The Bertz CT molecular complexity index is 884. The van der Waals surface area contributed by atoms with Gasteiger partial charge in [-0.1, -0.05) is 37.1 Å². The molecule has 0 aromatic heterocycles. The molecule has 0 atom stereocenters.